The van der Waals surface area contributed by atoms with Crippen LogP contribution in [0.1, 0.15) is 22.2 Å². The molecule has 0 fully saturated rings. The maximum Gasteiger partial charge on any atom is 0.294 e. The van der Waals surface area contributed by atoms with Gasteiger partial charge in [-0.2, -0.15) is 0 Å². The molecule has 1 aliphatic rings. The fraction of sp³-hybridized carbons (Fsp3) is 0.0769. The highest BCUT2D eigenvalue weighted by Gasteiger charge is 2.45. The van der Waals surface area contributed by atoms with Gasteiger partial charge in [-0.15, -0.1) is 0 Å². The zero-order valence-electron chi connectivity index (χ0n) is 17.5. The van der Waals surface area contributed by atoms with Crippen molar-refractivity contribution in [3.8, 4) is 5.75 Å². The number of hydrogen-bond acceptors (Lipinski definition) is 5. The lowest BCUT2D eigenvalue weighted by Gasteiger charge is -2.27. The number of nitrogens with zero attached hydrogens (tertiary/aromatic N) is 1. The van der Waals surface area contributed by atoms with Crippen LogP contribution in [0.2, 0.25) is 5.02 Å². The van der Waals surface area contributed by atoms with E-state index in [-0.39, 0.29) is 11.3 Å². The molecule has 0 saturated carbocycles. The molecule has 1 atom stereocenters. The maximum absolute atomic E-state index is 13.6. The Kier molecular flexibility index (Phi) is 5.15. The summed E-state index contributed by atoms with van der Waals surface area (Å²) in [6.45, 7) is 0. The van der Waals surface area contributed by atoms with Gasteiger partial charge in [-0.05, 0) is 42.0 Å². The molecular formula is C26H18ClNO5. The maximum atomic E-state index is 13.6. The number of Topliss-reactive ketones (excluding diaryl/α,β-unsaturated/α-hetero) is 1. The molecule has 3 aromatic carbocycles. The number of benzene rings is 3. The van der Waals surface area contributed by atoms with E-state index in [0.29, 0.717) is 33.0 Å². The van der Waals surface area contributed by atoms with Crippen molar-refractivity contribution in [2.75, 3.05) is 12.0 Å². The molecule has 7 heteroatoms. The summed E-state index contributed by atoms with van der Waals surface area (Å²) >= 11 is 6.05. The zero-order chi connectivity index (χ0) is 23.1. The van der Waals surface area contributed by atoms with Crippen LogP contribution in [0.3, 0.4) is 0 Å². The van der Waals surface area contributed by atoms with Gasteiger partial charge in [-0.1, -0.05) is 48.0 Å². The van der Waals surface area contributed by atoms with Crippen molar-refractivity contribution in [2.45, 2.75) is 6.04 Å². The highest BCUT2D eigenvalue weighted by Crippen LogP contribution is 2.43. The average molecular weight is 460 g/mol. The monoisotopic (exact) mass is 459 g/mol. The van der Waals surface area contributed by atoms with Crippen LogP contribution in [0.4, 0.5) is 5.69 Å². The smallest absolute Gasteiger partial charge is 0.294 e. The second-order valence-electron chi connectivity index (χ2n) is 7.57. The van der Waals surface area contributed by atoms with E-state index in [1.165, 1.54) is 12.0 Å². The van der Waals surface area contributed by atoms with E-state index < -0.39 is 23.5 Å². The van der Waals surface area contributed by atoms with E-state index in [0.717, 1.165) is 0 Å². The van der Waals surface area contributed by atoms with E-state index in [1.54, 1.807) is 60.7 Å². The van der Waals surface area contributed by atoms with Crippen LogP contribution >= 0.6 is 11.6 Å². The molecule has 0 radical (unpaired) electrons. The van der Waals surface area contributed by atoms with Gasteiger partial charge in [0.15, 0.2) is 11.5 Å². The molecule has 164 valence electrons. The molecule has 2 heterocycles. The topological polar surface area (TPSA) is 80.0 Å². The third-order valence-electron chi connectivity index (χ3n) is 5.60. The molecule has 4 aromatic rings. The lowest BCUT2D eigenvalue weighted by atomic mass is 9.95. The summed E-state index contributed by atoms with van der Waals surface area (Å²) in [7, 11) is 1.53. The van der Waals surface area contributed by atoms with E-state index >= 15 is 0 Å². The number of aliphatic hydroxyl groups is 1. The van der Waals surface area contributed by atoms with E-state index in [9.17, 15) is 14.7 Å². The molecule has 1 aliphatic heterocycles. The minimum absolute atomic E-state index is 0.00930. The van der Waals surface area contributed by atoms with Gasteiger partial charge in [0.05, 0.1) is 18.7 Å². The van der Waals surface area contributed by atoms with Crippen molar-refractivity contribution >= 4 is 39.9 Å². The number of amides is 1. The van der Waals surface area contributed by atoms with Crippen molar-refractivity contribution in [1.29, 1.82) is 0 Å². The Morgan fingerprint density at radius 3 is 2.58 bits per heavy atom. The predicted octanol–water partition coefficient (Wildman–Crippen LogP) is 5.88. The van der Waals surface area contributed by atoms with Crippen molar-refractivity contribution in [2.24, 2.45) is 0 Å². The number of carbonyl (C=O) groups excluding carboxylic acids is 2. The van der Waals surface area contributed by atoms with E-state index in [1.807, 2.05) is 18.2 Å². The standard InChI is InChI=1S/C26H18ClNO5/c1-32-19-9-5-8-18(14-19)28-23(15-6-3-2-4-7-15)22(25(30)26(28)31)24(29)21-13-16-12-17(27)10-11-20(16)33-21/h2-14,23,30H,1H3. The first-order valence-corrected chi connectivity index (χ1v) is 10.5. The van der Waals surface area contributed by atoms with Crippen LogP contribution in [0.15, 0.2) is 94.6 Å². The number of methoxy groups -OCH3 is 1. The van der Waals surface area contributed by atoms with Gasteiger partial charge >= 0.3 is 0 Å². The number of hydrogen-bond donors (Lipinski definition) is 1. The number of fused-ring (bicyclic) bond motifs is 1. The molecular weight excluding hydrogens is 442 g/mol. The predicted molar refractivity (Wildman–Crippen MR) is 125 cm³/mol. The summed E-state index contributed by atoms with van der Waals surface area (Å²) in [5, 5.41) is 12.0. The first-order chi connectivity index (χ1) is 16.0. The Balaban J connectivity index is 1.65. The fourth-order valence-corrected chi connectivity index (χ4v) is 4.25. The first-order valence-electron chi connectivity index (χ1n) is 10.2. The summed E-state index contributed by atoms with van der Waals surface area (Å²) in [5.41, 5.74) is 1.58. The van der Waals surface area contributed by atoms with Crippen LogP contribution in [-0.4, -0.2) is 23.9 Å². The minimum atomic E-state index is -0.852. The normalized spacial score (nSPS) is 16.0. The molecule has 0 spiro atoms. The summed E-state index contributed by atoms with van der Waals surface area (Å²) in [4.78, 5) is 28.2. The summed E-state index contributed by atoms with van der Waals surface area (Å²) in [5.74, 6) is -1.32. The summed E-state index contributed by atoms with van der Waals surface area (Å²) in [6, 6.07) is 21.7. The van der Waals surface area contributed by atoms with Gasteiger partial charge in [0.25, 0.3) is 5.91 Å². The van der Waals surface area contributed by atoms with Gasteiger partial charge in [0.2, 0.25) is 5.78 Å². The Morgan fingerprint density at radius 1 is 1.03 bits per heavy atom. The number of rotatable bonds is 5. The van der Waals surface area contributed by atoms with Gasteiger partial charge in [0.1, 0.15) is 11.3 Å². The Hall–Kier alpha value is -4.03. The van der Waals surface area contributed by atoms with Crippen molar-refractivity contribution in [3.63, 3.8) is 0 Å². The number of aliphatic hydroxyl groups excluding tert-OH is 1. The van der Waals surface area contributed by atoms with E-state index in [2.05, 4.69) is 0 Å². The van der Waals surface area contributed by atoms with Crippen molar-refractivity contribution in [1.82, 2.24) is 0 Å². The molecule has 33 heavy (non-hydrogen) atoms. The number of furan rings is 1. The van der Waals surface area contributed by atoms with Crippen molar-refractivity contribution < 1.29 is 23.8 Å². The molecule has 5 rings (SSSR count). The van der Waals surface area contributed by atoms with Crippen LogP contribution in [-0.2, 0) is 4.79 Å². The highest BCUT2D eigenvalue weighted by atomic mass is 35.5. The molecule has 6 nitrogen and oxygen atoms in total. The Bertz CT molecular complexity index is 1420. The fourth-order valence-electron chi connectivity index (χ4n) is 4.07. The number of anilines is 1. The third kappa shape index (κ3) is 3.54. The second kappa shape index (κ2) is 8.15. The number of carbonyl (C=O) groups is 2. The number of ether oxygens (including phenoxy) is 1. The Morgan fingerprint density at radius 2 is 1.82 bits per heavy atom. The van der Waals surface area contributed by atoms with Gasteiger partial charge in [-0.25, -0.2) is 0 Å². The zero-order valence-corrected chi connectivity index (χ0v) is 18.2. The lowest BCUT2D eigenvalue weighted by Crippen LogP contribution is -2.31. The molecule has 1 N–H and O–H groups in total. The number of halogens is 1. The molecule has 0 bridgehead atoms. The van der Waals surface area contributed by atoms with Crippen LogP contribution in [0.5, 0.6) is 5.75 Å². The van der Waals surface area contributed by atoms with Crippen LogP contribution < -0.4 is 9.64 Å². The van der Waals surface area contributed by atoms with E-state index in [4.69, 9.17) is 20.8 Å². The van der Waals surface area contributed by atoms with Crippen LogP contribution in [0.25, 0.3) is 11.0 Å². The number of ketones is 1. The van der Waals surface area contributed by atoms with Gasteiger partial charge in [0, 0.05) is 22.2 Å². The quantitative estimate of drug-likeness (QED) is 0.377. The highest BCUT2D eigenvalue weighted by molar-refractivity contribution is 6.31. The van der Waals surface area contributed by atoms with Gasteiger partial charge in [-0.3, -0.25) is 14.5 Å². The van der Waals surface area contributed by atoms with Crippen LogP contribution in [0, 0.1) is 0 Å². The molecule has 1 amide bonds. The molecule has 1 unspecified atom stereocenters. The SMILES string of the molecule is COc1cccc(N2C(=O)C(O)=C(C(=O)c3cc4cc(Cl)ccc4o3)C2c2ccccc2)c1. The summed E-state index contributed by atoms with van der Waals surface area (Å²) in [6.07, 6.45) is 0. The average Bonchev–Trinajstić information content (AvgIpc) is 3.37. The minimum Gasteiger partial charge on any atom is -0.503 e. The lowest BCUT2D eigenvalue weighted by molar-refractivity contribution is -0.117. The molecule has 0 aliphatic carbocycles. The molecule has 0 saturated heterocycles. The van der Waals surface area contributed by atoms with Gasteiger partial charge < -0.3 is 14.3 Å². The second-order valence-corrected chi connectivity index (χ2v) is 8.01. The first kappa shape index (κ1) is 20.8. The van der Waals surface area contributed by atoms with Crippen molar-refractivity contribution in [3.05, 3.63) is 107 Å². The molecule has 1 aromatic heterocycles. The Labute approximate surface area is 194 Å². The third-order valence-corrected chi connectivity index (χ3v) is 5.84. The largest absolute Gasteiger partial charge is 0.503 e. The summed E-state index contributed by atoms with van der Waals surface area (Å²) < 4.78 is 11.0.